The van der Waals surface area contributed by atoms with Gasteiger partial charge in [-0.3, -0.25) is 0 Å². The maximum atomic E-state index is 13.1. The van der Waals surface area contributed by atoms with Crippen molar-refractivity contribution in [1.29, 1.82) is 0 Å². The van der Waals surface area contributed by atoms with Gasteiger partial charge >= 0.3 is 0 Å². The highest BCUT2D eigenvalue weighted by Gasteiger charge is 2.25. The molecule has 2 atom stereocenters. The molecule has 0 amide bonds. The second-order valence-electron chi connectivity index (χ2n) is 4.52. The van der Waals surface area contributed by atoms with Crippen molar-refractivity contribution in [3.05, 3.63) is 29.0 Å². The highest BCUT2D eigenvalue weighted by molar-refractivity contribution is 6.30. The van der Waals surface area contributed by atoms with E-state index in [2.05, 4.69) is 24.2 Å². The van der Waals surface area contributed by atoms with Crippen LogP contribution in [0.25, 0.3) is 0 Å². The van der Waals surface area contributed by atoms with Gasteiger partial charge in [-0.2, -0.15) is 0 Å². The molecule has 1 saturated heterocycles. The van der Waals surface area contributed by atoms with Gasteiger partial charge in [-0.25, -0.2) is 4.39 Å². The van der Waals surface area contributed by atoms with Crippen molar-refractivity contribution in [3.8, 4) is 0 Å². The van der Waals surface area contributed by atoms with Crippen LogP contribution in [0.4, 0.5) is 10.1 Å². The summed E-state index contributed by atoms with van der Waals surface area (Å²) in [6, 6.07) is 5.50. The number of hydrogen-bond acceptors (Lipinski definition) is 2. The SMILES string of the molecule is CC1CC(Nc2cc(F)cc(Cl)c2)CN1C. The summed E-state index contributed by atoms with van der Waals surface area (Å²) in [4.78, 5) is 2.29. The molecule has 2 unspecified atom stereocenters. The van der Waals surface area contributed by atoms with Crippen LogP contribution in [0.1, 0.15) is 13.3 Å². The minimum absolute atomic E-state index is 0.297. The number of nitrogens with zero attached hydrogens (tertiary/aromatic N) is 1. The van der Waals surface area contributed by atoms with Crippen molar-refractivity contribution in [3.63, 3.8) is 0 Å². The Balaban J connectivity index is 2.04. The zero-order chi connectivity index (χ0) is 11.7. The van der Waals surface area contributed by atoms with Crippen molar-refractivity contribution in [2.45, 2.75) is 25.4 Å². The lowest BCUT2D eigenvalue weighted by molar-refractivity contribution is 0.330. The molecule has 1 heterocycles. The van der Waals surface area contributed by atoms with Gasteiger partial charge in [0.05, 0.1) is 0 Å². The summed E-state index contributed by atoms with van der Waals surface area (Å²) in [7, 11) is 2.10. The Kier molecular flexibility index (Phi) is 3.36. The lowest BCUT2D eigenvalue weighted by atomic mass is 10.2. The molecular weight excluding hydrogens is 227 g/mol. The Morgan fingerprint density at radius 3 is 2.75 bits per heavy atom. The van der Waals surface area contributed by atoms with Crippen LogP contribution in [0.3, 0.4) is 0 Å². The van der Waals surface area contributed by atoms with Gasteiger partial charge in [0, 0.05) is 29.3 Å². The van der Waals surface area contributed by atoms with E-state index in [1.165, 1.54) is 12.1 Å². The van der Waals surface area contributed by atoms with Gasteiger partial charge in [0.25, 0.3) is 0 Å². The van der Waals surface area contributed by atoms with Crippen molar-refractivity contribution >= 4 is 17.3 Å². The summed E-state index contributed by atoms with van der Waals surface area (Å²) in [5, 5.41) is 3.75. The Morgan fingerprint density at radius 2 is 2.19 bits per heavy atom. The molecule has 4 heteroatoms. The van der Waals surface area contributed by atoms with Crippen LogP contribution in [0.5, 0.6) is 0 Å². The van der Waals surface area contributed by atoms with E-state index in [1.807, 2.05) is 0 Å². The molecule has 1 fully saturated rings. The van der Waals surface area contributed by atoms with E-state index >= 15 is 0 Å². The van der Waals surface area contributed by atoms with E-state index < -0.39 is 0 Å². The molecule has 0 aliphatic carbocycles. The largest absolute Gasteiger partial charge is 0.381 e. The molecule has 2 rings (SSSR count). The van der Waals surface area contributed by atoms with E-state index in [4.69, 9.17) is 11.6 Å². The second-order valence-corrected chi connectivity index (χ2v) is 4.96. The predicted molar refractivity (Wildman–Crippen MR) is 65.5 cm³/mol. The maximum Gasteiger partial charge on any atom is 0.126 e. The average Bonchev–Trinajstić information content (AvgIpc) is 2.43. The maximum absolute atomic E-state index is 13.1. The number of nitrogens with one attached hydrogen (secondary N) is 1. The van der Waals surface area contributed by atoms with Crippen LogP contribution in [0.15, 0.2) is 18.2 Å². The smallest absolute Gasteiger partial charge is 0.126 e. The zero-order valence-corrected chi connectivity index (χ0v) is 10.3. The topological polar surface area (TPSA) is 15.3 Å². The number of halogens is 2. The van der Waals surface area contributed by atoms with E-state index in [0.717, 1.165) is 18.7 Å². The zero-order valence-electron chi connectivity index (χ0n) is 9.50. The third-order valence-corrected chi connectivity index (χ3v) is 3.34. The number of benzene rings is 1. The molecule has 16 heavy (non-hydrogen) atoms. The van der Waals surface area contributed by atoms with Gasteiger partial charge < -0.3 is 10.2 Å². The van der Waals surface area contributed by atoms with Crippen molar-refractivity contribution < 1.29 is 4.39 Å². The number of likely N-dealkylation sites (tertiary alicyclic amines) is 1. The van der Waals surface area contributed by atoms with E-state index in [9.17, 15) is 4.39 Å². The molecule has 0 bridgehead atoms. The molecular formula is C12H16ClFN2. The second kappa shape index (κ2) is 4.60. The first-order valence-electron chi connectivity index (χ1n) is 5.47. The highest BCUT2D eigenvalue weighted by Crippen LogP contribution is 2.22. The molecule has 1 aliphatic rings. The van der Waals surface area contributed by atoms with Crippen LogP contribution in [0, 0.1) is 5.82 Å². The Morgan fingerprint density at radius 1 is 1.44 bits per heavy atom. The van der Waals surface area contributed by atoms with Gasteiger partial charge in [-0.15, -0.1) is 0 Å². The minimum Gasteiger partial charge on any atom is -0.381 e. The summed E-state index contributed by atoms with van der Waals surface area (Å²) in [6.45, 7) is 3.18. The summed E-state index contributed by atoms with van der Waals surface area (Å²) < 4.78 is 13.1. The lowest BCUT2D eigenvalue weighted by Crippen LogP contribution is -2.24. The first kappa shape index (κ1) is 11.7. The number of hydrogen-bond donors (Lipinski definition) is 1. The standard InChI is InChI=1S/C12H16ClFN2/c1-8-3-12(7-16(8)2)15-11-5-9(13)4-10(14)6-11/h4-6,8,12,15H,3,7H2,1-2H3. The highest BCUT2D eigenvalue weighted by atomic mass is 35.5. The molecule has 1 aromatic rings. The molecule has 0 spiro atoms. The molecule has 1 aromatic carbocycles. The van der Waals surface area contributed by atoms with Gasteiger partial charge in [0.1, 0.15) is 5.82 Å². The Labute approximate surface area is 100 Å². The fourth-order valence-corrected chi connectivity index (χ4v) is 2.39. The third-order valence-electron chi connectivity index (χ3n) is 3.12. The molecule has 1 N–H and O–H groups in total. The fourth-order valence-electron chi connectivity index (χ4n) is 2.17. The van der Waals surface area contributed by atoms with E-state index in [0.29, 0.717) is 17.1 Å². The monoisotopic (exact) mass is 242 g/mol. The Bertz CT molecular complexity index is 353. The summed E-state index contributed by atoms with van der Waals surface area (Å²) in [6.07, 6.45) is 1.07. The molecule has 0 aromatic heterocycles. The molecule has 2 nitrogen and oxygen atoms in total. The van der Waals surface area contributed by atoms with Gasteiger partial charge in [0.2, 0.25) is 0 Å². The summed E-state index contributed by atoms with van der Waals surface area (Å²) in [5.41, 5.74) is 0.762. The lowest BCUT2D eigenvalue weighted by Gasteiger charge is -2.14. The van der Waals surface area contributed by atoms with Gasteiger partial charge in [0.15, 0.2) is 0 Å². The minimum atomic E-state index is -0.297. The van der Waals surface area contributed by atoms with Gasteiger partial charge in [-0.05, 0) is 38.6 Å². The molecule has 1 aliphatic heterocycles. The van der Waals surface area contributed by atoms with Crippen molar-refractivity contribution in [2.75, 3.05) is 18.9 Å². The van der Waals surface area contributed by atoms with E-state index in [1.54, 1.807) is 6.07 Å². The first-order valence-corrected chi connectivity index (χ1v) is 5.85. The van der Waals surface area contributed by atoms with Crippen molar-refractivity contribution in [2.24, 2.45) is 0 Å². The van der Waals surface area contributed by atoms with Crippen LogP contribution in [0.2, 0.25) is 5.02 Å². The first-order chi connectivity index (χ1) is 7.54. The van der Waals surface area contributed by atoms with Crippen LogP contribution >= 0.6 is 11.6 Å². The summed E-state index contributed by atoms with van der Waals surface area (Å²) >= 11 is 5.80. The van der Waals surface area contributed by atoms with Gasteiger partial charge in [-0.1, -0.05) is 11.6 Å². The van der Waals surface area contributed by atoms with Crippen LogP contribution in [-0.4, -0.2) is 30.6 Å². The fraction of sp³-hybridized carbons (Fsp3) is 0.500. The summed E-state index contributed by atoms with van der Waals surface area (Å²) in [5.74, 6) is -0.297. The molecule has 0 saturated carbocycles. The number of likely N-dealkylation sites (N-methyl/N-ethyl adjacent to an activating group) is 1. The third kappa shape index (κ3) is 2.66. The molecule has 88 valence electrons. The quantitative estimate of drug-likeness (QED) is 0.858. The van der Waals surface area contributed by atoms with E-state index in [-0.39, 0.29) is 5.82 Å². The van der Waals surface area contributed by atoms with Crippen LogP contribution in [-0.2, 0) is 0 Å². The number of rotatable bonds is 2. The van der Waals surface area contributed by atoms with Crippen LogP contribution < -0.4 is 5.32 Å². The normalized spacial score (nSPS) is 26.0. The Hall–Kier alpha value is -0.800. The predicted octanol–water partition coefficient (Wildman–Crippen LogP) is 2.98. The number of anilines is 1. The van der Waals surface area contributed by atoms with Crippen molar-refractivity contribution in [1.82, 2.24) is 4.90 Å². The average molecular weight is 243 g/mol. The molecule has 0 radical (unpaired) electrons.